The van der Waals surface area contributed by atoms with Crippen molar-refractivity contribution in [2.75, 3.05) is 0 Å². The summed E-state index contributed by atoms with van der Waals surface area (Å²) < 4.78 is 0. The van der Waals surface area contributed by atoms with Gasteiger partial charge in [-0.15, -0.1) is 0 Å². The van der Waals surface area contributed by atoms with E-state index in [2.05, 4.69) is 48.5 Å². The van der Waals surface area contributed by atoms with Gasteiger partial charge in [-0.2, -0.15) is 0 Å². The van der Waals surface area contributed by atoms with Crippen molar-refractivity contribution in [2.24, 2.45) is 5.92 Å². The van der Waals surface area contributed by atoms with Crippen LogP contribution in [-0.4, -0.2) is 32.9 Å². The van der Waals surface area contributed by atoms with Crippen LogP contribution in [0.4, 0.5) is 0 Å². The first-order valence-corrected chi connectivity index (χ1v) is 16.1. The smallest absolute Gasteiger partial charge is 0.0170 e. The van der Waals surface area contributed by atoms with Crippen LogP contribution in [-0.2, 0) is 0 Å². The average Bonchev–Trinajstić information content (AvgIpc) is 3.11. The zero-order valence-corrected chi connectivity index (χ0v) is 22.8. The summed E-state index contributed by atoms with van der Waals surface area (Å²) in [5, 5.41) is 0.942. The lowest BCUT2D eigenvalue weighted by atomic mass is 9.99. The normalized spacial score (nSPS) is 29.7. The third kappa shape index (κ3) is 6.01. The lowest BCUT2D eigenvalue weighted by Gasteiger charge is -2.51. The summed E-state index contributed by atoms with van der Waals surface area (Å²) in [6.07, 6.45) is 20.2. The Hall–Kier alpha value is 0.860. The Labute approximate surface area is 186 Å². The molecule has 3 rings (SSSR count). The summed E-state index contributed by atoms with van der Waals surface area (Å²) in [4.78, 5) is 0. The molecule has 3 saturated carbocycles. The molecular weight excluding hydrogens is 386 g/mol. The van der Waals surface area contributed by atoms with Gasteiger partial charge in [-0.1, -0.05) is 109 Å². The molecule has 3 atom stereocenters. The Morgan fingerprint density at radius 3 is 1.45 bits per heavy atom. The quantitative estimate of drug-likeness (QED) is 0.375. The molecule has 0 aromatic carbocycles. The van der Waals surface area contributed by atoms with Gasteiger partial charge in [0.25, 0.3) is 0 Å². The molecule has 0 amide bonds. The highest BCUT2D eigenvalue weighted by molar-refractivity contribution is 7.62. The molecule has 3 fully saturated rings. The minimum Gasteiger partial charge on any atom is -0.0968 e. The van der Waals surface area contributed by atoms with Crippen molar-refractivity contribution in [3.8, 4) is 0 Å². The fraction of sp³-hybridized carbons (Fsp3) is 1.00. The first kappa shape index (κ1) is 24.5. The van der Waals surface area contributed by atoms with Crippen LogP contribution >= 0.6 is 15.8 Å². The van der Waals surface area contributed by atoms with Gasteiger partial charge in [0.15, 0.2) is 0 Å². The van der Waals surface area contributed by atoms with E-state index in [1.165, 1.54) is 19.3 Å². The highest BCUT2D eigenvalue weighted by atomic mass is 31.1. The minimum atomic E-state index is 0.00912. The molecule has 2 heteroatoms. The number of hydrogen-bond acceptors (Lipinski definition) is 0. The molecule has 0 saturated heterocycles. The van der Waals surface area contributed by atoms with Gasteiger partial charge in [0.2, 0.25) is 0 Å². The largest absolute Gasteiger partial charge is 0.0968 e. The molecule has 29 heavy (non-hydrogen) atoms. The summed E-state index contributed by atoms with van der Waals surface area (Å²) in [6.45, 7) is 18.0. The molecule has 1 unspecified atom stereocenters. The molecule has 0 radical (unpaired) electrons. The van der Waals surface area contributed by atoms with E-state index in [1.807, 2.05) is 0 Å². The Bertz CT molecular complexity index is 456. The Morgan fingerprint density at radius 1 is 0.586 bits per heavy atom. The summed E-state index contributed by atoms with van der Waals surface area (Å²) in [6, 6.07) is 0. The monoisotopic (exact) mass is 438 g/mol. The van der Waals surface area contributed by atoms with Crippen molar-refractivity contribution in [3.63, 3.8) is 0 Å². The zero-order chi connectivity index (χ0) is 21.2. The standard InChI is InChI=1S/C27H52P2/c1-21(29(26(2,3)4)27(5,6)7)24-19-14-20-25(24)28(22-15-10-8-11-16-22)23-17-12-9-13-18-23/h21-25H,8-20H2,1-7H3/t21-,24?,25+/m0/s1. The molecule has 0 heterocycles. The van der Waals surface area contributed by atoms with E-state index in [-0.39, 0.29) is 15.8 Å². The maximum absolute atomic E-state index is 2.71. The van der Waals surface area contributed by atoms with Gasteiger partial charge in [-0.05, 0) is 77.4 Å². The summed E-state index contributed by atoms with van der Waals surface area (Å²) >= 11 is 0. The van der Waals surface area contributed by atoms with Gasteiger partial charge in [0.05, 0.1) is 0 Å². The van der Waals surface area contributed by atoms with Crippen LogP contribution in [0.15, 0.2) is 0 Å². The van der Waals surface area contributed by atoms with Crippen LogP contribution < -0.4 is 0 Å². The second kappa shape index (κ2) is 10.2. The van der Waals surface area contributed by atoms with Crippen LogP contribution in [0.5, 0.6) is 0 Å². The Morgan fingerprint density at radius 2 is 1.03 bits per heavy atom. The first-order valence-electron chi connectivity index (χ1n) is 13.2. The SMILES string of the molecule is C[C@@H](C1CCC[C@H]1P(C1CCCCC1)C1CCCCC1)P(C(C)(C)C)C(C)(C)C. The number of rotatable bonds is 5. The molecule has 0 nitrogen and oxygen atoms in total. The van der Waals surface area contributed by atoms with Crippen molar-refractivity contribution < 1.29 is 0 Å². The minimum absolute atomic E-state index is 0.00912. The van der Waals surface area contributed by atoms with Crippen molar-refractivity contribution in [3.05, 3.63) is 0 Å². The average molecular weight is 439 g/mol. The van der Waals surface area contributed by atoms with E-state index in [0.29, 0.717) is 10.3 Å². The van der Waals surface area contributed by atoms with Crippen LogP contribution in [0, 0.1) is 5.92 Å². The first-order chi connectivity index (χ1) is 13.6. The fourth-order valence-electron chi connectivity index (χ4n) is 7.92. The molecule has 3 aliphatic carbocycles. The fourth-order valence-corrected chi connectivity index (χ4v) is 18.2. The second-order valence-corrected chi connectivity index (χ2v) is 19.9. The van der Waals surface area contributed by atoms with Gasteiger partial charge in [-0.3, -0.25) is 0 Å². The van der Waals surface area contributed by atoms with Crippen molar-refractivity contribution in [1.29, 1.82) is 0 Å². The van der Waals surface area contributed by atoms with Crippen molar-refractivity contribution in [2.45, 2.75) is 165 Å². The summed E-state index contributed by atoms with van der Waals surface area (Å²) in [5.74, 6) is 1.04. The van der Waals surface area contributed by atoms with E-state index in [1.54, 1.807) is 64.2 Å². The van der Waals surface area contributed by atoms with Crippen molar-refractivity contribution in [1.82, 2.24) is 0 Å². The van der Waals surface area contributed by atoms with E-state index in [0.717, 1.165) is 28.6 Å². The third-order valence-electron chi connectivity index (χ3n) is 8.38. The van der Waals surface area contributed by atoms with Gasteiger partial charge in [0.1, 0.15) is 0 Å². The van der Waals surface area contributed by atoms with Crippen LogP contribution in [0.25, 0.3) is 0 Å². The van der Waals surface area contributed by atoms with Crippen LogP contribution in [0.2, 0.25) is 0 Å². The number of hydrogen-bond donors (Lipinski definition) is 0. The molecule has 0 spiro atoms. The predicted molar refractivity (Wildman–Crippen MR) is 138 cm³/mol. The summed E-state index contributed by atoms with van der Waals surface area (Å²) in [7, 11) is 0.253. The molecule has 3 aliphatic rings. The second-order valence-electron chi connectivity index (χ2n) is 12.6. The van der Waals surface area contributed by atoms with Gasteiger partial charge in [-0.25, -0.2) is 0 Å². The molecule has 0 N–H and O–H groups in total. The molecule has 0 aliphatic heterocycles. The maximum atomic E-state index is 2.71. The van der Waals surface area contributed by atoms with Crippen LogP contribution in [0.1, 0.15) is 132 Å². The lowest BCUT2D eigenvalue weighted by Crippen LogP contribution is -2.37. The van der Waals surface area contributed by atoms with Gasteiger partial charge < -0.3 is 0 Å². The molecule has 0 aromatic rings. The Balaban J connectivity index is 1.86. The molecular formula is C27H52P2. The topological polar surface area (TPSA) is 0 Å². The van der Waals surface area contributed by atoms with Gasteiger partial charge in [0, 0.05) is 0 Å². The van der Waals surface area contributed by atoms with Crippen LogP contribution in [0.3, 0.4) is 0 Å². The predicted octanol–water partition coefficient (Wildman–Crippen LogP) is 9.77. The summed E-state index contributed by atoms with van der Waals surface area (Å²) in [5.41, 5.74) is 4.32. The van der Waals surface area contributed by atoms with E-state index in [4.69, 9.17) is 0 Å². The zero-order valence-electron chi connectivity index (χ0n) is 21.0. The van der Waals surface area contributed by atoms with Crippen molar-refractivity contribution >= 4 is 15.8 Å². The Kier molecular flexibility index (Phi) is 8.62. The van der Waals surface area contributed by atoms with E-state index < -0.39 is 0 Å². The van der Waals surface area contributed by atoms with E-state index >= 15 is 0 Å². The van der Waals surface area contributed by atoms with E-state index in [9.17, 15) is 0 Å². The maximum Gasteiger partial charge on any atom is -0.0170 e. The highest BCUT2D eigenvalue weighted by Crippen LogP contribution is 2.70. The molecule has 170 valence electrons. The third-order valence-corrected chi connectivity index (χ3v) is 16.6. The highest BCUT2D eigenvalue weighted by Gasteiger charge is 2.48. The lowest BCUT2D eigenvalue weighted by molar-refractivity contribution is 0.466. The molecule has 0 bridgehead atoms. The molecule has 0 aromatic heterocycles. The van der Waals surface area contributed by atoms with Gasteiger partial charge >= 0.3 is 0 Å².